The Kier molecular flexibility index (Phi) is 4.74. The fraction of sp³-hybridized carbons (Fsp3) is 0.769. The smallest absolute Gasteiger partial charge is 0.0912 e. The highest BCUT2D eigenvalue weighted by Gasteiger charge is 2.29. The maximum atomic E-state index is 5.94. The van der Waals surface area contributed by atoms with Crippen LogP contribution in [-0.4, -0.2) is 54.1 Å². The van der Waals surface area contributed by atoms with Gasteiger partial charge in [0.1, 0.15) is 0 Å². The summed E-state index contributed by atoms with van der Waals surface area (Å²) in [5.41, 5.74) is 1.20. The minimum Gasteiger partial charge on any atom is -0.374 e. The zero-order valence-corrected chi connectivity index (χ0v) is 11.6. The first-order valence-corrected chi connectivity index (χ1v) is 6.73. The van der Waals surface area contributed by atoms with Crippen molar-refractivity contribution < 1.29 is 4.74 Å². The van der Waals surface area contributed by atoms with Gasteiger partial charge in [0.2, 0.25) is 0 Å². The van der Waals surface area contributed by atoms with Crippen molar-refractivity contribution in [2.45, 2.75) is 25.5 Å². The molecule has 102 valence electrons. The van der Waals surface area contributed by atoms with Gasteiger partial charge in [-0.05, 0) is 26.1 Å². The van der Waals surface area contributed by atoms with E-state index in [2.05, 4.69) is 35.4 Å². The van der Waals surface area contributed by atoms with Crippen molar-refractivity contribution in [2.75, 3.05) is 33.3 Å². The van der Waals surface area contributed by atoms with Crippen molar-refractivity contribution >= 4 is 0 Å². The van der Waals surface area contributed by atoms with Gasteiger partial charge in [-0.2, -0.15) is 5.10 Å². The standard InChI is InChI=1S/C13H24N4O/c1-4-6-14-13(11-5-7-15-17(11)3)12-10-16(2)8-9-18-12/h5,7,12-14H,4,6,8-10H2,1-3H3. The van der Waals surface area contributed by atoms with Gasteiger partial charge in [0, 0.05) is 26.3 Å². The fourth-order valence-electron chi connectivity index (χ4n) is 2.43. The van der Waals surface area contributed by atoms with E-state index in [1.54, 1.807) is 0 Å². The molecule has 18 heavy (non-hydrogen) atoms. The van der Waals surface area contributed by atoms with E-state index in [1.165, 1.54) is 5.69 Å². The van der Waals surface area contributed by atoms with Crippen molar-refractivity contribution in [3.63, 3.8) is 0 Å². The molecule has 1 fully saturated rings. The summed E-state index contributed by atoms with van der Waals surface area (Å²) in [6, 6.07) is 2.30. The van der Waals surface area contributed by atoms with Crippen LogP contribution in [0.15, 0.2) is 12.3 Å². The minimum atomic E-state index is 0.200. The van der Waals surface area contributed by atoms with Gasteiger partial charge in [-0.15, -0.1) is 0 Å². The Morgan fingerprint density at radius 2 is 2.39 bits per heavy atom. The minimum absolute atomic E-state index is 0.200. The molecule has 2 atom stereocenters. The third-order valence-corrected chi connectivity index (χ3v) is 3.46. The average Bonchev–Trinajstić information content (AvgIpc) is 2.77. The lowest BCUT2D eigenvalue weighted by atomic mass is 10.1. The van der Waals surface area contributed by atoms with E-state index in [-0.39, 0.29) is 12.1 Å². The van der Waals surface area contributed by atoms with Crippen LogP contribution >= 0.6 is 0 Å². The third kappa shape index (κ3) is 3.10. The average molecular weight is 252 g/mol. The molecule has 0 radical (unpaired) electrons. The van der Waals surface area contributed by atoms with Gasteiger partial charge in [0.25, 0.3) is 0 Å². The summed E-state index contributed by atoms with van der Waals surface area (Å²) < 4.78 is 7.88. The lowest BCUT2D eigenvalue weighted by Gasteiger charge is -2.35. The number of aromatic nitrogens is 2. The molecule has 1 saturated heterocycles. The second-order valence-corrected chi connectivity index (χ2v) is 4.98. The highest BCUT2D eigenvalue weighted by atomic mass is 16.5. The lowest BCUT2D eigenvalue weighted by molar-refractivity contribution is -0.0405. The quantitative estimate of drug-likeness (QED) is 0.841. The number of rotatable bonds is 5. The van der Waals surface area contributed by atoms with E-state index in [1.807, 2.05) is 17.9 Å². The van der Waals surface area contributed by atoms with Crippen molar-refractivity contribution in [1.82, 2.24) is 20.0 Å². The molecule has 1 aliphatic heterocycles. The molecule has 5 heteroatoms. The van der Waals surface area contributed by atoms with E-state index >= 15 is 0 Å². The molecule has 1 N–H and O–H groups in total. The summed E-state index contributed by atoms with van der Waals surface area (Å²) >= 11 is 0. The zero-order chi connectivity index (χ0) is 13.0. The Hall–Kier alpha value is -0.910. The van der Waals surface area contributed by atoms with Crippen LogP contribution in [0.2, 0.25) is 0 Å². The van der Waals surface area contributed by atoms with Gasteiger partial charge >= 0.3 is 0 Å². The Balaban J connectivity index is 2.11. The highest BCUT2D eigenvalue weighted by molar-refractivity contribution is 5.09. The molecule has 2 heterocycles. The Labute approximate surface area is 109 Å². The molecule has 0 bridgehead atoms. The van der Waals surface area contributed by atoms with Gasteiger partial charge in [-0.1, -0.05) is 6.92 Å². The summed E-state index contributed by atoms with van der Waals surface area (Å²) in [7, 11) is 4.14. The predicted molar refractivity (Wildman–Crippen MR) is 71.5 cm³/mol. The first-order chi connectivity index (χ1) is 8.72. The summed E-state index contributed by atoms with van der Waals surface area (Å²) in [5, 5.41) is 7.86. The lowest BCUT2D eigenvalue weighted by Crippen LogP contribution is -2.47. The van der Waals surface area contributed by atoms with Crippen LogP contribution in [0.5, 0.6) is 0 Å². The molecule has 2 unspecified atom stereocenters. The summed E-state index contributed by atoms with van der Waals surface area (Å²) in [4.78, 5) is 2.32. The molecule has 1 aliphatic rings. The zero-order valence-electron chi connectivity index (χ0n) is 11.6. The number of nitrogens with one attached hydrogen (secondary N) is 1. The van der Waals surface area contributed by atoms with Crippen LogP contribution in [0.1, 0.15) is 25.1 Å². The van der Waals surface area contributed by atoms with Gasteiger partial charge in [-0.25, -0.2) is 0 Å². The molecule has 0 saturated carbocycles. The van der Waals surface area contributed by atoms with Crippen molar-refractivity contribution in [1.29, 1.82) is 0 Å². The van der Waals surface area contributed by atoms with Crippen LogP contribution in [0.3, 0.4) is 0 Å². The number of aryl methyl sites for hydroxylation is 1. The second-order valence-electron chi connectivity index (χ2n) is 4.98. The molecule has 2 rings (SSSR count). The first-order valence-electron chi connectivity index (χ1n) is 6.73. The van der Waals surface area contributed by atoms with Crippen LogP contribution in [0.4, 0.5) is 0 Å². The normalized spacial score (nSPS) is 23.2. The largest absolute Gasteiger partial charge is 0.374 e. The molecule has 1 aromatic rings. The van der Waals surface area contributed by atoms with Gasteiger partial charge < -0.3 is 15.0 Å². The molecule has 0 spiro atoms. The van der Waals surface area contributed by atoms with Crippen molar-refractivity contribution in [3.8, 4) is 0 Å². The monoisotopic (exact) mass is 252 g/mol. The number of hydrogen-bond acceptors (Lipinski definition) is 4. The summed E-state index contributed by atoms with van der Waals surface area (Å²) in [6.07, 6.45) is 3.17. The van der Waals surface area contributed by atoms with Crippen LogP contribution in [0, 0.1) is 0 Å². The Bertz CT molecular complexity index is 366. The van der Waals surface area contributed by atoms with Gasteiger partial charge in [-0.3, -0.25) is 4.68 Å². The molecule has 5 nitrogen and oxygen atoms in total. The number of nitrogens with zero attached hydrogens (tertiary/aromatic N) is 3. The van der Waals surface area contributed by atoms with E-state index in [0.717, 1.165) is 32.7 Å². The number of hydrogen-bond donors (Lipinski definition) is 1. The highest BCUT2D eigenvalue weighted by Crippen LogP contribution is 2.21. The Morgan fingerprint density at radius 1 is 1.56 bits per heavy atom. The topological polar surface area (TPSA) is 42.3 Å². The van der Waals surface area contributed by atoms with E-state index in [0.29, 0.717) is 0 Å². The van der Waals surface area contributed by atoms with E-state index < -0.39 is 0 Å². The Morgan fingerprint density at radius 3 is 3.00 bits per heavy atom. The van der Waals surface area contributed by atoms with E-state index in [9.17, 15) is 0 Å². The number of morpholine rings is 1. The van der Waals surface area contributed by atoms with Crippen molar-refractivity contribution in [3.05, 3.63) is 18.0 Å². The van der Waals surface area contributed by atoms with Gasteiger partial charge in [0.15, 0.2) is 0 Å². The first kappa shape index (κ1) is 13.5. The second kappa shape index (κ2) is 6.31. The molecule has 1 aromatic heterocycles. The molecule has 0 aromatic carbocycles. The maximum Gasteiger partial charge on any atom is 0.0912 e. The van der Waals surface area contributed by atoms with Crippen LogP contribution in [-0.2, 0) is 11.8 Å². The molecular formula is C13H24N4O. The van der Waals surface area contributed by atoms with Crippen LogP contribution < -0.4 is 5.32 Å². The van der Waals surface area contributed by atoms with Crippen LogP contribution in [0.25, 0.3) is 0 Å². The molecular weight excluding hydrogens is 228 g/mol. The summed E-state index contributed by atoms with van der Waals surface area (Å²) in [5.74, 6) is 0. The van der Waals surface area contributed by atoms with Gasteiger partial charge in [0.05, 0.1) is 24.4 Å². The van der Waals surface area contributed by atoms with Crippen molar-refractivity contribution in [2.24, 2.45) is 7.05 Å². The summed E-state index contributed by atoms with van der Waals surface area (Å²) in [6.45, 7) is 5.97. The number of ether oxygens (including phenoxy) is 1. The third-order valence-electron chi connectivity index (χ3n) is 3.46. The maximum absolute atomic E-state index is 5.94. The SMILES string of the molecule is CCCNC(c1ccnn1C)C1CN(C)CCO1. The number of likely N-dealkylation sites (N-methyl/N-ethyl adjacent to an activating group) is 1. The fourth-order valence-corrected chi connectivity index (χ4v) is 2.43. The predicted octanol–water partition coefficient (Wildman–Crippen LogP) is 0.791. The molecule has 0 aliphatic carbocycles. The van der Waals surface area contributed by atoms with E-state index in [4.69, 9.17) is 4.74 Å². The molecule has 0 amide bonds.